The van der Waals surface area contributed by atoms with Gasteiger partial charge in [-0.2, -0.15) is 0 Å². The second kappa shape index (κ2) is 5.06. The average molecular weight is 175 g/mol. The summed E-state index contributed by atoms with van der Waals surface area (Å²) in [6, 6.07) is 6.70. The zero-order valence-electron chi connectivity index (χ0n) is 8.93. The molecular formula is C13H19. The summed E-state index contributed by atoms with van der Waals surface area (Å²) < 4.78 is 0. The highest BCUT2D eigenvalue weighted by Gasteiger charge is 1.97. The monoisotopic (exact) mass is 175 g/mol. The maximum atomic E-state index is 2.37. The van der Waals surface area contributed by atoms with Crippen LogP contribution in [-0.4, -0.2) is 0 Å². The third-order valence-electron chi connectivity index (χ3n) is 2.36. The van der Waals surface area contributed by atoms with E-state index in [-0.39, 0.29) is 0 Å². The molecule has 0 saturated heterocycles. The van der Waals surface area contributed by atoms with Crippen molar-refractivity contribution < 1.29 is 0 Å². The van der Waals surface area contributed by atoms with E-state index in [4.69, 9.17) is 0 Å². The molecule has 0 heterocycles. The highest BCUT2D eigenvalue weighted by Crippen LogP contribution is 2.13. The summed E-state index contributed by atoms with van der Waals surface area (Å²) in [6.07, 6.45) is 5.98. The van der Waals surface area contributed by atoms with Crippen molar-refractivity contribution in [3.63, 3.8) is 0 Å². The number of hydrogen-bond acceptors (Lipinski definition) is 0. The Kier molecular flexibility index (Phi) is 4.01. The van der Waals surface area contributed by atoms with E-state index in [1.807, 2.05) is 0 Å². The van der Waals surface area contributed by atoms with Crippen LogP contribution in [0, 0.1) is 20.3 Å². The fraction of sp³-hybridized carbons (Fsp3) is 0.462. The molecule has 1 radical (unpaired) electrons. The summed E-state index contributed by atoms with van der Waals surface area (Å²) in [4.78, 5) is 0. The quantitative estimate of drug-likeness (QED) is 0.610. The molecule has 0 nitrogen and oxygen atoms in total. The third kappa shape index (κ3) is 3.22. The highest BCUT2D eigenvalue weighted by molar-refractivity contribution is 5.31. The summed E-state index contributed by atoms with van der Waals surface area (Å²) in [5.74, 6) is 0. The minimum atomic E-state index is 1.12. The first-order valence-electron chi connectivity index (χ1n) is 5.12. The SMILES string of the molecule is CCC[CH]Cc1ccc(C)cc1C. The van der Waals surface area contributed by atoms with E-state index in [0.29, 0.717) is 0 Å². The molecular weight excluding hydrogens is 156 g/mol. The summed E-state index contributed by atoms with van der Waals surface area (Å²) >= 11 is 0. The average Bonchev–Trinajstić information content (AvgIpc) is 2.09. The largest absolute Gasteiger partial charge is 0.0654 e. The molecule has 0 N–H and O–H groups in total. The first-order chi connectivity index (χ1) is 6.24. The lowest BCUT2D eigenvalue weighted by atomic mass is 10.0. The Labute approximate surface area is 82.0 Å². The molecule has 0 unspecified atom stereocenters. The van der Waals surface area contributed by atoms with E-state index in [1.54, 1.807) is 0 Å². The smallest absolute Gasteiger partial charge is 0.0245 e. The van der Waals surface area contributed by atoms with Gasteiger partial charge in [-0.15, -0.1) is 0 Å². The van der Waals surface area contributed by atoms with Gasteiger partial charge in [-0.25, -0.2) is 0 Å². The predicted octanol–water partition coefficient (Wildman–Crippen LogP) is 3.85. The molecule has 0 atom stereocenters. The summed E-state index contributed by atoms with van der Waals surface area (Å²) in [6.45, 7) is 6.56. The standard InChI is InChI=1S/C13H19/c1-4-5-6-7-13-9-8-11(2)10-12(13)3/h6,8-10H,4-5,7H2,1-3H3. The Morgan fingerprint density at radius 2 is 2.00 bits per heavy atom. The fourth-order valence-corrected chi connectivity index (χ4v) is 1.54. The van der Waals surface area contributed by atoms with Crippen LogP contribution in [0.4, 0.5) is 0 Å². The van der Waals surface area contributed by atoms with Crippen LogP contribution in [0.5, 0.6) is 0 Å². The Morgan fingerprint density at radius 1 is 1.23 bits per heavy atom. The van der Waals surface area contributed by atoms with Gasteiger partial charge < -0.3 is 0 Å². The number of benzene rings is 1. The van der Waals surface area contributed by atoms with Crippen LogP contribution in [-0.2, 0) is 6.42 Å². The Hall–Kier alpha value is -0.780. The van der Waals surface area contributed by atoms with Crippen LogP contribution in [0.3, 0.4) is 0 Å². The van der Waals surface area contributed by atoms with Gasteiger partial charge >= 0.3 is 0 Å². The molecule has 71 valence electrons. The van der Waals surface area contributed by atoms with Crippen molar-refractivity contribution in [2.75, 3.05) is 0 Å². The maximum absolute atomic E-state index is 2.37. The fourth-order valence-electron chi connectivity index (χ4n) is 1.54. The van der Waals surface area contributed by atoms with Crippen molar-refractivity contribution in [1.82, 2.24) is 0 Å². The van der Waals surface area contributed by atoms with Gasteiger partial charge in [-0.1, -0.05) is 43.5 Å². The van der Waals surface area contributed by atoms with E-state index in [9.17, 15) is 0 Å². The highest BCUT2D eigenvalue weighted by atomic mass is 14.0. The minimum Gasteiger partial charge on any atom is -0.0654 e. The molecule has 0 aromatic heterocycles. The van der Waals surface area contributed by atoms with Crippen molar-refractivity contribution in [2.45, 2.75) is 40.0 Å². The van der Waals surface area contributed by atoms with Crippen molar-refractivity contribution in [3.8, 4) is 0 Å². The minimum absolute atomic E-state index is 1.12. The maximum Gasteiger partial charge on any atom is -0.0245 e. The molecule has 0 spiro atoms. The lowest BCUT2D eigenvalue weighted by Crippen LogP contribution is -1.91. The number of rotatable bonds is 4. The van der Waals surface area contributed by atoms with Gasteiger partial charge in [0.2, 0.25) is 0 Å². The van der Waals surface area contributed by atoms with E-state index in [1.165, 1.54) is 29.5 Å². The van der Waals surface area contributed by atoms with Gasteiger partial charge in [-0.3, -0.25) is 0 Å². The Balaban J connectivity index is 2.56. The number of unbranched alkanes of at least 4 members (excludes halogenated alkanes) is 2. The van der Waals surface area contributed by atoms with Gasteiger partial charge in [-0.05, 0) is 37.8 Å². The van der Waals surface area contributed by atoms with Crippen LogP contribution in [0.2, 0.25) is 0 Å². The molecule has 0 aliphatic heterocycles. The molecule has 1 rings (SSSR count). The molecule has 0 aliphatic rings. The number of aryl methyl sites for hydroxylation is 2. The van der Waals surface area contributed by atoms with Crippen LogP contribution in [0.25, 0.3) is 0 Å². The molecule has 0 aliphatic carbocycles. The van der Waals surface area contributed by atoms with E-state index >= 15 is 0 Å². The summed E-state index contributed by atoms with van der Waals surface area (Å²) in [7, 11) is 0. The van der Waals surface area contributed by atoms with Crippen LogP contribution in [0.1, 0.15) is 36.5 Å². The molecule has 0 amide bonds. The van der Waals surface area contributed by atoms with E-state index in [0.717, 1.165) is 6.42 Å². The molecule has 0 heteroatoms. The lowest BCUT2D eigenvalue weighted by Gasteiger charge is -2.05. The van der Waals surface area contributed by atoms with E-state index < -0.39 is 0 Å². The third-order valence-corrected chi connectivity index (χ3v) is 2.36. The molecule has 0 saturated carbocycles. The molecule has 13 heavy (non-hydrogen) atoms. The second-order valence-electron chi connectivity index (χ2n) is 3.71. The predicted molar refractivity (Wildman–Crippen MR) is 58.8 cm³/mol. The topological polar surface area (TPSA) is 0 Å². The normalized spacial score (nSPS) is 10.4. The number of hydrogen-bond donors (Lipinski definition) is 0. The summed E-state index contributed by atoms with van der Waals surface area (Å²) in [5.41, 5.74) is 4.25. The lowest BCUT2D eigenvalue weighted by molar-refractivity contribution is 0.861. The zero-order chi connectivity index (χ0) is 9.68. The molecule has 0 fully saturated rings. The van der Waals surface area contributed by atoms with Crippen LogP contribution < -0.4 is 0 Å². The van der Waals surface area contributed by atoms with Gasteiger partial charge in [0, 0.05) is 0 Å². The van der Waals surface area contributed by atoms with Crippen molar-refractivity contribution in [2.24, 2.45) is 0 Å². The Bertz CT molecular complexity index is 261. The van der Waals surface area contributed by atoms with E-state index in [2.05, 4.69) is 45.4 Å². The van der Waals surface area contributed by atoms with Gasteiger partial charge in [0.15, 0.2) is 0 Å². The molecule has 1 aromatic carbocycles. The van der Waals surface area contributed by atoms with Gasteiger partial charge in [0.05, 0.1) is 0 Å². The molecule has 1 aromatic rings. The van der Waals surface area contributed by atoms with Crippen molar-refractivity contribution in [1.29, 1.82) is 0 Å². The summed E-state index contributed by atoms with van der Waals surface area (Å²) in [5, 5.41) is 0. The van der Waals surface area contributed by atoms with Gasteiger partial charge in [0.1, 0.15) is 0 Å². The van der Waals surface area contributed by atoms with Gasteiger partial charge in [0.25, 0.3) is 0 Å². The van der Waals surface area contributed by atoms with Crippen molar-refractivity contribution >= 4 is 0 Å². The first kappa shape index (κ1) is 10.3. The molecule has 0 bridgehead atoms. The van der Waals surface area contributed by atoms with Crippen LogP contribution >= 0.6 is 0 Å². The van der Waals surface area contributed by atoms with Crippen LogP contribution in [0.15, 0.2) is 18.2 Å². The first-order valence-corrected chi connectivity index (χ1v) is 5.12. The Morgan fingerprint density at radius 3 is 2.62 bits per heavy atom. The second-order valence-corrected chi connectivity index (χ2v) is 3.71. The zero-order valence-corrected chi connectivity index (χ0v) is 8.93. The van der Waals surface area contributed by atoms with Crippen molar-refractivity contribution in [3.05, 3.63) is 41.3 Å².